The number of nitrogens with zero attached hydrogens (tertiary/aromatic N) is 1. The summed E-state index contributed by atoms with van der Waals surface area (Å²) < 4.78 is 16.5. The molecule has 0 aromatic heterocycles. The largest absolute Gasteiger partial charge is 0.497 e. The average Bonchev–Trinajstić information content (AvgIpc) is 3.40. The summed E-state index contributed by atoms with van der Waals surface area (Å²) in [5.74, 6) is 1.65. The summed E-state index contributed by atoms with van der Waals surface area (Å²) in [6.45, 7) is 4.67. The Kier molecular flexibility index (Phi) is 6.96. The molecule has 130 valence electrons. The number of nitrogens with one attached hydrogen (secondary N) is 1. The van der Waals surface area contributed by atoms with Crippen molar-refractivity contribution in [2.24, 2.45) is 0 Å². The maximum atomic E-state index is 5.86. The van der Waals surface area contributed by atoms with Crippen LogP contribution in [0.15, 0.2) is 18.2 Å². The highest BCUT2D eigenvalue weighted by Crippen LogP contribution is 2.28. The van der Waals surface area contributed by atoms with Crippen LogP contribution in [0.1, 0.15) is 18.4 Å². The number of hydrogen-bond acceptors (Lipinski definition) is 5. The highest BCUT2D eigenvalue weighted by molar-refractivity contribution is 5.85. The summed E-state index contributed by atoms with van der Waals surface area (Å²) in [7, 11) is 3.35. The molecule has 1 aromatic rings. The molecule has 1 aliphatic heterocycles. The Hall–Kier alpha value is -1.01. The number of hydrogen-bond donors (Lipinski definition) is 1. The monoisotopic (exact) mass is 342 g/mol. The minimum Gasteiger partial charge on any atom is -0.497 e. The number of halogens is 1. The molecule has 1 atom stereocenters. The number of methoxy groups -OCH3 is 2. The highest BCUT2D eigenvalue weighted by Gasteiger charge is 2.32. The van der Waals surface area contributed by atoms with Crippen molar-refractivity contribution in [1.82, 2.24) is 10.2 Å². The third kappa shape index (κ3) is 5.24. The summed E-state index contributed by atoms with van der Waals surface area (Å²) in [4.78, 5) is 2.57. The molecule has 6 heteroatoms. The molecular formula is C17H27ClN2O3. The molecule has 1 unspecified atom stereocenters. The molecule has 0 radical (unpaired) electrons. The predicted molar refractivity (Wildman–Crippen MR) is 92.8 cm³/mol. The van der Waals surface area contributed by atoms with Crippen LogP contribution in [0.3, 0.4) is 0 Å². The molecule has 1 heterocycles. The van der Waals surface area contributed by atoms with Gasteiger partial charge in [0.25, 0.3) is 0 Å². The first kappa shape index (κ1) is 18.3. The fourth-order valence-electron chi connectivity index (χ4n) is 2.98. The fraction of sp³-hybridized carbons (Fsp3) is 0.647. The predicted octanol–water partition coefficient (Wildman–Crippen LogP) is 2.08. The van der Waals surface area contributed by atoms with Crippen LogP contribution in [0, 0.1) is 0 Å². The number of rotatable bonds is 7. The normalized spacial score (nSPS) is 21.6. The Labute approximate surface area is 144 Å². The lowest BCUT2D eigenvalue weighted by Gasteiger charge is -2.33. The third-order valence-corrected chi connectivity index (χ3v) is 4.35. The first-order valence-corrected chi connectivity index (χ1v) is 8.07. The summed E-state index contributed by atoms with van der Waals surface area (Å²) in [6, 6.07) is 6.79. The fourth-order valence-corrected chi connectivity index (χ4v) is 2.98. The van der Waals surface area contributed by atoms with E-state index in [-0.39, 0.29) is 12.4 Å². The Morgan fingerprint density at radius 1 is 1.17 bits per heavy atom. The molecule has 1 aromatic carbocycles. The van der Waals surface area contributed by atoms with E-state index in [4.69, 9.17) is 14.2 Å². The lowest BCUT2D eigenvalue weighted by molar-refractivity contribution is -0.0301. The second kappa shape index (κ2) is 8.73. The average molecular weight is 343 g/mol. The van der Waals surface area contributed by atoms with Crippen molar-refractivity contribution < 1.29 is 14.2 Å². The van der Waals surface area contributed by atoms with E-state index in [1.165, 1.54) is 12.8 Å². The maximum Gasteiger partial charge on any atom is 0.122 e. The maximum absolute atomic E-state index is 5.86. The van der Waals surface area contributed by atoms with Crippen LogP contribution in [0.25, 0.3) is 0 Å². The van der Waals surface area contributed by atoms with E-state index in [1.807, 2.05) is 18.2 Å². The van der Waals surface area contributed by atoms with Crippen molar-refractivity contribution in [3.63, 3.8) is 0 Å². The summed E-state index contributed by atoms with van der Waals surface area (Å²) >= 11 is 0. The first-order valence-electron chi connectivity index (χ1n) is 8.07. The minimum absolute atomic E-state index is 0. The van der Waals surface area contributed by atoms with Crippen LogP contribution in [0.2, 0.25) is 0 Å². The van der Waals surface area contributed by atoms with Gasteiger partial charge in [0.2, 0.25) is 0 Å². The van der Waals surface area contributed by atoms with E-state index in [9.17, 15) is 0 Å². The Balaban J connectivity index is 0.00000192. The zero-order chi connectivity index (χ0) is 15.4. The van der Waals surface area contributed by atoms with Crippen molar-refractivity contribution in [2.45, 2.75) is 31.5 Å². The van der Waals surface area contributed by atoms with Gasteiger partial charge in [0, 0.05) is 38.3 Å². The molecule has 23 heavy (non-hydrogen) atoms. The minimum atomic E-state index is 0. The zero-order valence-electron chi connectivity index (χ0n) is 13.9. The van der Waals surface area contributed by atoms with Gasteiger partial charge < -0.3 is 19.5 Å². The molecule has 1 aliphatic carbocycles. The van der Waals surface area contributed by atoms with Gasteiger partial charge in [-0.2, -0.15) is 0 Å². The van der Waals surface area contributed by atoms with E-state index in [2.05, 4.69) is 10.2 Å². The molecule has 1 saturated carbocycles. The number of benzene rings is 1. The van der Waals surface area contributed by atoms with Crippen molar-refractivity contribution in [3.05, 3.63) is 23.8 Å². The van der Waals surface area contributed by atoms with Crippen molar-refractivity contribution in [1.29, 1.82) is 0 Å². The first-order chi connectivity index (χ1) is 10.8. The SMILES string of the molecule is COc1cc(CNCC2CN(C3CC3)CCO2)cc(OC)c1.Cl. The van der Waals surface area contributed by atoms with Crippen LogP contribution in [-0.4, -0.2) is 57.5 Å². The van der Waals surface area contributed by atoms with Gasteiger partial charge in [0.15, 0.2) is 0 Å². The van der Waals surface area contributed by atoms with Crippen molar-refractivity contribution in [3.8, 4) is 11.5 Å². The van der Waals surface area contributed by atoms with Crippen LogP contribution < -0.4 is 14.8 Å². The topological polar surface area (TPSA) is 43.0 Å². The van der Waals surface area contributed by atoms with Gasteiger partial charge >= 0.3 is 0 Å². The highest BCUT2D eigenvalue weighted by atomic mass is 35.5. The Bertz CT molecular complexity index is 474. The second-order valence-electron chi connectivity index (χ2n) is 6.07. The summed E-state index contributed by atoms with van der Waals surface area (Å²) in [5.41, 5.74) is 1.16. The number of ether oxygens (including phenoxy) is 3. The second-order valence-corrected chi connectivity index (χ2v) is 6.07. The molecule has 2 fully saturated rings. The lowest BCUT2D eigenvalue weighted by Crippen LogP contribution is -2.47. The van der Waals surface area contributed by atoms with Gasteiger partial charge in [-0.25, -0.2) is 0 Å². The molecule has 0 amide bonds. The molecule has 1 N–H and O–H groups in total. The van der Waals surface area contributed by atoms with E-state index in [0.717, 1.165) is 55.9 Å². The number of morpholine rings is 1. The van der Waals surface area contributed by atoms with Crippen LogP contribution >= 0.6 is 12.4 Å². The molecule has 2 aliphatic rings. The third-order valence-electron chi connectivity index (χ3n) is 4.35. The van der Waals surface area contributed by atoms with E-state index in [0.29, 0.717) is 6.10 Å². The van der Waals surface area contributed by atoms with Crippen LogP contribution in [-0.2, 0) is 11.3 Å². The van der Waals surface area contributed by atoms with Crippen LogP contribution in [0.5, 0.6) is 11.5 Å². The molecule has 1 saturated heterocycles. The summed E-state index contributed by atoms with van der Waals surface area (Å²) in [6.07, 6.45) is 3.02. The quantitative estimate of drug-likeness (QED) is 0.821. The van der Waals surface area contributed by atoms with Gasteiger partial charge in [0.1, 0.15) is 11.5 Å². The van der Waals surface area contributed by atoms with Gasteiger partial charge in [-0.3, -0.25) is 4.90 Å². The van der Waals surface area contributed by atoms with Crippen molar-refractivity contribution in [2.75, 3.05) is 40.5 Å². The van der Waals surface area contributed by atoms with Gasteiger partial charge in [0.05, 0.1) is 26.9 Å². The van der Waals surface area contributed by atoms with Crippen molar-refractivity contribution >= 4 is 12.4 Å². The molecule has 5 nitrogen and oxygen atoms in total. The van der Waals surface area contributed by atoms with Gasteiger partial charge in [-0.05, 0) is 30.5 Å². The molecule has 0 bridgehead atoms. The Morgan fingerprint density at radius 3 is 2.48 bits per heavy atom. The van der Waals surface area contributed by atoms with Crippen LogP contribution in [0.4, 0.5) is 0 Å². The molecule has 3 rings (SSSR count). The van der Waals surface area contributed by atoms with E-state index in [1.54, 1.807) is 14.2 Å². The summed E-state index contributed by atoms with van der Waals surface area (Å²) in [5, 5.41) is 3.49. The van der Waals surface area contributed by atoms with E-state index < -0.39 is 0 Å². The lowest BCUT2D eigenvalue weighted by atomic mass is 10.2. The molecule has 0 spiro atoms. The van der Waals surface area contributed by atoms with E-state index >= 15 is 0 Å². The smallest absolute Gasteiger partial charge is 0.122 e. The standard InChI is InChI=1S/C17H26N2O3.ClH/c1-20-15-7-13(8-16(9-15)21-2)10-18-11-17-12-19(5-6-22-17)14-3-4-14;/h7-9,14,17-18H,3-6,10-12H2,1-2H3;1H. The van der Waals surface area contributed by atoms with Gasteiger partial charge in [-0.1, -0.05) is 0 Å². The van der Waals surface area contributed by atoms with Gasteiger partial charge in [-0.15, -0.1) is 12.4 Å². The Morgan fingerprint density at radius 2 is 1.87 bits per heavy atom. The molecular weight excluding hydrogens is 316 g/mol. The zero-order valence-corrected chi connectivity index (χ0v) is 14.7.